The van der Waals surface area contributed by atoms with Gasteiger partial charge in [0.1, 0.15) is 5.82 Å². The van der Waals surface area contributed by atoms with Gasteiger partial charge < -0.3 is 20.6 Å². The molecule has 2 aliphatic rings. The van der Waals surface area contributed by atoms with Gasteiger partial charge in [-0.05, 0) is 67.6 Å². The molecule has 1 aromatic carbocycles. The average molecular weight is 406 g/mol. The number of nitrogens with one attached hydrogen (secondary N) is 2. The van der Waals surface area contributed by atoms with E-state index < -0.39 is 0 Å². The Morgan fingerprint density at radius 3 is 2.63 bits per heavy atom. The van der Waals surface area contributed by atoms with Crippen molar-refractivity contribution in [3.05, 3.63) is 53.7 Å². The number of piperidine rings is 1. The lowest BCUT2D eigenvalue weighted by Crippen LogP contribution is -2.55. The minimum absolute atomic E-state index is 0.0385. The van der Waals surface area contributed by atoms with Gasteiger partial charge in [0.2, 0.25) is 0 Å². The van der Waals surface area contributed by atoms with Crippen LogP contribution >= 0.6 is 0 Å². The minimum atomic E-state index is 0.0385. The van der Waals surface area contributed by atoms with E-state index in [0.717, 1.165) is 30.9 Å². The largest absolute Gasteiger partial charge is 0.392 e. The van der Waals surface area contributed by atoms with Crippen molar-refractivity contribution in [2.75, 3.05) is 23.3 Å². The molecule has 158 valence electrons. The molecule has 0 radical (unpaired) electrons. The molecule has 30 heavy (non-hydrogen) atoms. The van der Waals surface area contributed by atoms with E-state index in [-0.39, 0.29) is 6.61 Å². The summed E-state index contributed by atoms with van der Waals surface area (Å²) in [4.78, 5) is 6.88. The summed E-state index contributed by atoms with van der Waals surface area (Å²) in [6, 6.07) is 15.1. The van der Waals surface area contributed by atoms with Crippen LogP contribution in [0, 0.1) is 11.3 Å². The number of aliphatic hydroxyl groups excluding tert-OH is 1. The summed E-state index contributed by atoms with van der Waals surface area (Å²) in [5.41, 5.74) is 2.79. The van der Waals surface area contributed by atoms with E-state index in [1.165, 1.54) is 37.8 Å². The van der Waals surface area contributed by atoms with E-state index in [2.05, 4.69) is 38.7 Å². The van der Waals surface area contributed by atoms with Crippen molar-refractivity contribution in [1.29, 1.82) is 5.26 Å². The van der Waals surface area contributed by atoms with Crippen LogP contribution < -0.4 is 15.5 Å². The van der Waals surface area contributed by atoms with Crippen molar-refractivity contribution in [2.24, 2.45) is 0 Å². The van der Waals surface area contributed by atoms with Gasteiger partial charge in [0.15, 0.2) is 0 Å². The molecular weight excluding hydrogens is 374 g/mol. The minimum Gasteiger partial charge on any atom is -0.392 e. The molecule has 0 spiro atoms. The van der Waals surface area contributed by atoms with Crippen molar-refractivity contribution in [3.8, 4) is 6.07 Å². The summed E-state index contributed by atoms with van der Waals surface area (Å²) in [6.45, 7) is 2.10. The normalized spacial score (nSPS) is 24.3. The summed E-state index contributed by atoms with van der Waals surface area (Å²) < 4.78 is 0. The third kappa shape index (κ3) is 5.10. The number of hydrogen-bond acceptors (Lipinski definition) is 6. The van der Waals surface area contributed by atoms with E-state index in [0.29, 0.717) is 23.7 Å². The highest BCUT2D eigenvalue weighted by molar-refractivity contribution is 5.50. The number of anilines is 2. The highest BCUT2D eigenvalue weighted by Gasteiger charge is 2.29. The molecule has 6 heteroatoms. The van der Waals surface area contributed by atoms with Crippen LogP contribution in [-0.2, 0) is 6.61 Å². The highest BCUT2D eigenvalue weighted by Crippen LogP contribution is 2.25. The molecule has 1 saturated heterocycles. The number of nitriles is 1. The van der Waals surface area contributed by atoms with Crippen LogP contribution in [-0.4, -0.2) is 41.3 Å². The molecule has 0 bridgehead atoms. The van der Waals surface area contributed by atoms with Crippen molar-refractivity contribution in [1.82, 2.24) is 10.3 Å². The summed E-state index contributed by atoms with van der Waals surface area (Å²) in [5.74, 6) is 0.850. The number of pyridine rings is 1. The number of rotatable bonds is 6. The average Bonchev–Trinajstić information content (AvgIpc) is 2.81. The zero-order valence-corrected chi connectivity index (χ0v) is 17.4. The van der Waals surface area contributed by atoms with Gasteiger partial charge in [-0.1, -0.05) is 12.8 Å². The van der Waals surface area contributed by atoms with Crippen LogP contribution in [0.4, 0.5) is 11.5 Å². The van der Waals surface area contributed by atoms with E-state index in [9.17, 15) is 5.11 Å². The number of nitrogens with zero attached hydrogens (tertiary/aromatic N) is 3. The van der Waals surface area contributed by atoms with Gasteiger partial charge in [-0.2, -0.15) is 5.26 Å². The predicted molar refractivity (Wildman–Crippen MR) is 119 cm³/mol. The molecule has 0 unspecified atom stereocenters. The topological polar surface area (TPSA) is 84.2 Å². The Hall–Kier alpha value is -2.62. The van der Waals surface area contributed by atoms with Crippen molar-refractivity contribution >= 4 is 11.5 Å². The first-order valence-corrected chi connectivity index (χ1v) is 11.1. The van der Waals surface area contributed by atoms with Crippen molar-refractivity contribution in [3.63, 3.8) is 0 Å². The van der Waals surface area contributed by atoms with Gasteiger partial charge in [-0.25, -0.2) is 4.98 Å². The molecule has 6 nitrogen and oxygen atoms in total. The maximum Gasteiger partial charge on any atom is 0.126 e. The number of aliphatic hydroxyl groups is 1. The molecule has 2 aromatic rings. The lowest BCUT2D eigenvalue weighted by Gasteiger charge is -2.40. The first-order valence-electron chi connectivity index (χ1n) is 11.1. The first kappa shape index (κ1) is 20.6. The van der Waals surface area contributed by atoms with Gasteiger partial charge in [0.25, 0.3) is 0 Å². The second-order valence-corrected chi connectivity index (χ2v) is 8.46. The maximum absolute atomic E-state index is 9.40. The molecule has 2 heterocycles. The van der Waals surface area contributed by atoms with E-state index in [4.69, 9.17) is 5.26 Å². The highest BCUT2D eigenvalue weighted by atomic mass is 16.3. The standard InChI is InChI=1S/C24H31N5O/c25-15-18-7-9-21(10-8-18)29-13-3-4-20(16-29)27-22-5-1-2-6-23(22)28-24-14-19(17-30)11-12-26-24/h7-12,14,20,22-23,27,30H,1-6,13,16-17H2,(H,26,28)/t20-,22+,23+/m0/s1. The Kier molecular flexibility index (Phi) is 6.83. The zero-order chi connectivity index (χ0) is 20.8. The van der Waals surface area contributed by atoms with E-state index >= 15 is 0 Å². The van der Waals surface area contributed by atoms with Crippen LogP contribution in [0.25, 0.3) is 0 Å². The quantitative estimate of drug-likeness (QED) is 0.683. The second-order valence-electron chi connectivity index (χ2n) is 8.46. The van der Waals surface area contributed by atoms with E-state index in [1.54, 1.807) is 6.20 Å². The lowest BCUT2D eigenvalue weighted by molar-refractivity contribution is 0.281. The SMILES string of the molecule is N#Cc1ccc(N2CCC[C@H](N[C@@H]3CCCC[C@H]3Nc3cc(CO)ccn3)C2)cc1. The third-order valence-corrected chi connectivity index (χ3v) is 6.34. The second kappa shape index (κ2) is 9.92. The molecular formula is C24H31N5O. The fourth-order valence-corrected chi connectivity index (χ4v) is 4.74. The summed E-state index contributed by atoms with van der Waals surface area (Å²) >= 11 is 0. The van der Waals surface area contributed by atoms with Crippen LogP contribution in [0.15, 0.2) is 42.6 Å². The fourth-order valence-electron chi connectivity index (χ4n) is 4.74. The summed E-state index contributed by atoms with van der Waals surface area (Å²) in [7, 11) is 0. The Bertz CT molecular complexity index is 863. The zero-order valence-electron chi connectivity index (χ0n) is 17.4. The summed E-state index contributed by atoms with van der Waals surface area (Å²) in [6.07, 6.45) is 8.91. The molecule has 0 amide bonds. The molecule has 1 aromatic heterocycles. The van der Waals surface area contributed by atoms with Crippen LogP contribution in [0.5, 0.6) is 0 Å². The van der Waals surface area contributed by atoms with Crippen LogP contribution in [0.1, 0.15) is 49.7 Å². The molecule has 4 rings (SSSR count). The van der Waals surface area contributed by atoms with Crippen LogP contribution in [0.2, 0.25) is 0 Å². The van der Waals surface area contributed by atoms with E-state index in [1.807, 2.05) is 24.3 Å². The molecule has 2 fully saturated rings. The van der Waals surface area contributed by atoms with Gasteiger partial charge in [0, 0.05) is 43.1 Å². The molecule has 1 aliphatic heterocycles. The van der Waals surface area contributed by atoms with Gasteiger partial charge in [-0.3, -0.25) is 0 Å². The van der Waals surface area contributed by atoms with Crippen molar-refractivity contribution < 1.29 is 5.11 Å². The number of benzene rings is 1. The number of aromatic nitrogens is 1. The molecule has 3 atom stereocenters. The molecule has 1 saturated carbocycles. The molecule has 1 aliphatic carbocycles. The molecule has 3 N–H and O–H groups in total. The predicted octanol–water partition coefficient (Wildman–Crippen LogP) is 3.43. The fraction of sp³-hybridized carbons (Fsp3) is 0.500. The van der Waals surface area contributed by atoms with Gasteiger partial charge in [-0.15, -0.1) is 0 Å². The van der Waals surface area contributed by atoms with Gasteiger partial charge in [0.05, 0.1) is 18.2 Å². The Balaban J connectivity index is 1.38. The summed E-state index contributed by atoms with van der Waals surface area (Å²) in [5, 5.41) is 26.0. The Morgan fingerprint density at radius 1 is 1.07 bits per heavy atom. The smallest absolute Gasteiger partial charge is 0.126 e. The maximum atomic E-state index is 9.40. The monoisotopic (exact) mass is 405 g/mol. The van der Waals surface area contributed by atoms with Crippen LogP contribution in [0.3, 0.4) is 0 Å². The lowest BCUT2D eigenvalue weighted by atomic mass is 9.89. The van der Waals surface area contributed by atoms with Gasteiger partial charge >= 0.3 is 0 Å². The Labute approximate surface area is 178 Å². The first-order chi connectivity index (χ1) is 14.7. The van der Waals surface area contributed by atoms with Crippen molar-refractivity contribution in [2.45, 2.75) is 63.3 Å². The Morgan fingerprint density at radius 2 is 1.87 bits per heavy atom. The number of hydrogen-bond donors (Lipinski definition) is 3. The third-order valence-electron chi connectivity index (χ3n) is 6.34.